The molecule has 0 unspecified atom stereocenters. The van der Waals surface area contributed by atoms with E-state index < -0.39 is 0 Å². The second kappa shape index (κ2) is 9.70. The van der Waals surface area contributed by atoms with Crippen molar-refractivity contribution >= 4 is 56.2 Å². The van der Waals surface area contributed by atoms with Crippen LogP contribution in [-0.2, 0) is 4.79 Å². The van der Waals surface area contributed by atoms with E-state index >= 15 is 0 Å². The number of carbonyl (C=O) groups is 1. The van der Waals surface area contributed by atoms with Crippen LogP contribution in [0.1, 0.15) is 19.6 Å². The fourth-order valence-electron chi connectivity index (χ4n) is 1.51. The van der Waals surface area contributed by atoms with Crippen LogP contribution in [0.25, 0.3) is 6.08 Å². The van der Waals surface area contributed by atoms with Gasteiger partial charge in [0, 0.05) is 12.6 Å². The molecule has 1 amide bonds. The van der Waals surface area contributed by atoms with E-state index in [2.05, 4.69) is 29.1 Å². The van der Waals surface area contributed by atoms with Gasteiger partial charge in [0.25, 0.3) is 5.91 Å². The van der Waals surface area contributed by atoms with Crippen molar-refractivity contribution in [3.63, 3.8) is 0 Å². The van der Waals surface area contributed by atoms with Gasteiger partial charge in [0.2, 0.25) is 0 Å². The Morgan fingerprint density at radius 2 is 2.09 bits per heavy atom. The maximum atomic E-state index is 12.2. The number of rotatable bonds is 4. The maximum absolute atomic E-state index is 12.2. The number of hydrogen-bond acceptors (Lipinski definition) is 4. The van der Waals surface area contributed by atoms with Gasteiger partial charge in [0.1, 0.15) is 10.1 Å². The van der Waals surface area contributed by atoms with Crippen LogP contribution in [0.2, 0.25) is 0 Å². The highest BCUT2D eigenvalue weighted by molar-refractivity contribution is 9.10. The summed E-state index contributed by atoms with van der Waals surface area (Å²) in [6.07, 6.45) is 6.97. The van der Waals surface area contributed by atoms with Crippen LogP contribution in [0.3, 0.4) is 0 Å². The zero-order chi connectivity index (χ0) is 17.4. The molecule has 0 N–H and O–H groups in total. The SMILES string of the molecule is C/C=C(\C)CN1C(=O)/C(=C/c2ccc(Br)o2)SC1=S.C=CC=C. The molecule has 0 bridgehead atoms. The summed E-state index contributed by atoms with van der Waals surface area (Å²) in [5, 5.41) is 0. The van der Waals surface area contributed by atoms with Crippen molar-refractivity contribution in [2.75, 3.05) is 6.54 Å². The van der Waals surface area contributed by atoms with Crippen molar-refractivity contribution in [2.24, 2.45) is 0 Å². The molecule has 2 rings (SSSR count). The quantitative estimate of drug-likeness (QED) is 0.280. The lowest BCUT2D eigenvalue weighted by atomic mass is 10.2. The molecule has 0 atom stereocenters. The third-order valence-corrected chi connectivity index (χ3v) is 4.61. The summed E-state index contributed by atoms with van der Waals surface area (Å²) in [7, 11) is 0. The largest absolute Gasteiger partial charge is 0.450 e. The molecule has 1 saturated heterocycles. The first-order valence-corrected chi connectivity index (χ1v) is 8.80. The molecule has 0 spiro atoms. The normalized spacial score (nSPS) is 16.4. The lowest BCUT2D eigenvalue weighted by molar-refractivity contribution is -0.121. The van der Waals surface area contributed by atoms with Crippen LogP contribution in [0.15, 0.2) is 63.1 Å². The molecule has 1 aromatic heterocycles. The minimum absolute atomic E-state index is 0.0660. The van der Waals surface area contributed by atoms with Crippen LogP contribution in [-0.4, -0.2) is 21.7 Å². The Labute approximate surface area is 154 Å². The summed E-state index contributed by atoms with van der Waals surface area (Å²) < 4.78 is 6.59. The van der Waals surface area contributed by atoms with Crippen LogP contribution < -0.4 is 0 Å². The van der Waals surface area contributed by atoms with Gasteiger partial charge < -0.3 is 4.42 Å². The second-order valence-corrected chi connectivity index (χ2v) is 6.97. The van der Waals surface area contributed by atoms with Crippen LogP contribution in [0.5, 0.6) is 0 Å². The summed E-state index contributed by atoms with van der Waals surface area (Å²) in [6, 6.07) is 3.59. The van der Waals surface area contributed by atoms with Gasteiger partial charge in [-0.2, -0.15) is 0 Å². The van der Waals surface area contributed by atoms with Crippen LogP contribution in [0.4, 0.5) is 0 Å². The lowest BCUT2D eigenvalue weighted by Crippen LogP contribution is -2.29. The number of halogens is 1. The van der Waals surface area contributed by atoms with Gasteiger partial charge >= 0.3 is 0 Å². The van der Waals surface area contributed by atoms with Crippen molar-refractivity contribution in [2.45, 2.75) is 13.8 Å². The number of amides is 1. The van der Waals surface area contributed by atoms with Gasteiger partial charge in [-0.25, -0.2) is 0 Å². The molecule has 1 aliphatic heterocycles. The van der Waals surface area contributed by atoms with Crippen LogP contribution >= 0.6 is 39.9 Å². The Balaban J connectivity index is 0.000000593. The van der Waals surface area contributed by atoms with E-state index in [1.54, 1.807) is 35.3 Å². The van der Waals surface area contributed by atoms with Crippen molar-refractivity contribution in [1.29, 1.82) is 0 Å². The van der Waals surface area contributed by atoms with E-state index in [9.17, 15) is 4.79 Å². The summed E-state index contributed by atoms with van der Waals surface area (Å²) in [5.41, 5.74) is 1.11. The molecule has 23 heavy (non-hydrogen) atoms. The number of carbonyl (C=O) groups excluding carboxylic acids is 1. The molecule has 6 heteroatoms. The summed E-state index contributed by atoms with van der Waals surface area (Å²) in [5.74, 6) is 0.568. The Hall–Kier alpha value is -1.37. The first-order chi connectivity index (χ1) is 10.9. The number of furan rings is 1. The summed E-state index contributed by atoms with van der Waals surface area (Å²) >= 11 is 9.78. The Bertz CT molecular complexity index is 668. The number of thiocarbonyl (C=S) groups is 1. The molecular weight excluding hydrogens is 394 g/mol. The van der Waals surface area contributed by atoms with Crippen molar-refractivity contribution < 1.29 is 9.21 Å². The standard InChI is InChI=1S/C13H12BrNO2S2.C4H6/c1-3-8(2)7-15-12(16)10(19-13(15)18)6-9-4-5-11(14)17-9;1-3-4-2/h3-6H,7H2,1-2H3;3-4H,1-2H2/b8-3+,10-6-;. The van der Waals surface area contributed by atoms with Crippen molar-refractivity contribution in [3.8, 4) is 0 Å². The highest BCUT2D eigenvalue weighted by atomic mass is 79.9. The molecule has 1 fully saturated rings. The smallest absolute Gasteiger partial charge is 0.266 e. The van der Waals surface area contributed by atoms with E-state index in [4.69, 9.17) is 16.6 Å². The molecule has 0 saturated carbocycles. The van der Waals surface area contributed by atoms with Crippen molar-refractivity contribution in [3.05, 3.63) is 64.4 Å². The van der Waals surface area contributed by atoms with Crippen LogP contribution in [0, 0.1) is 0 Å². The average Bonchev–Trinajstić information content (AvgIpc) is 3.06. The lowest BCUT2D eigenvalue weighted by Gasteiger charge is -2.14. The zero-order valence-electron chi connectivity index (χ0n) is 13.0. The molecule has 0 aromatic carbocycles. The molecule has 0 radical (unpaired) electrons. The van der Waals surface area contributed by atoms with E-state index in [-0.39, 0.29) is 5.91 Å². The van der Waals surface area contributed by atoms with Gasteiger partial charge in [-0.3, -0.25) is 9.69 Å². The molecule has 122 valence electrons. The summed E-state index contributed by atoms with van der Waals surface area (Å²) in [4.78, 5) is 14.5. The van der Waals surface area contributed by atoms with Gasteiger partial charge in [-0.05, 0) is 41.9 Å². The van der Waals surface area contributed by atoms with Gasteiger partial charge in [0.05, 0.1) is 4.91 Å². The van der Waals surface area contributed by atoms with Gasteiger partial charge in [0.15, 0.2) is 4.67 Å². The van der Waals surface area contributed by atoms with E-state index in [0.717, 1.165) is 5.57 Å². The number of nitrogens with zero attached hydrogens (tertiary/aromatic N) is 1. The molecule has 3 nitrogen and oxygen atoms in total. The van der Waals surface area contributed by atoms with Gasteiger partial charge in [-0.1, -0.05) is 60.9 Å². The molecule has 0 aliphatic carbocycles. The monoisotopic (exact) mass is 411 g/mol. The molecule has 1 aromatic rings. The van der Waals surface area contributed by atoms with E-state index in [1.807, 2.05) is 19.9 Å². The molecule has 2 heterocycles. The number of thioether (sulfide) groups is 1. The third kappa shape index (κ3) is 5.97. The first-order valence-electron chi connectivity index (χ1n) is 6.78. The second-order valence-electron chi connectivity index (χ2n) is 4.52. The number of allylic oxidation sites excluding steroid dienone is 3. The van der Waals surface area contributed by atoms with Gasteiger partial charge in [-0.15, -0.1) is 0 Å². The van der Waals surface area contributed by atoms with E-state index in [1.165, 1.54) is 11.8 Å². The Kier molecular flexibility index (Phi) is 8.30. The molecule has 1 aliphatic rings. The predicted molar refractivity (Wildman–Crippen MR) is 106 cm³/mol. The minimum Gasteiger partial charge on any atom is -0.450 e. The Morgan fingerprint density at radius 3 is 2.57 bits per heavy atom. The van der Waals surface area contributed by atoms with Crippen molar-refractivity contribution in [1.82, 2.24) is 4.90 Å². The topological polar surface area (TPSA) is 33.5 Å². The highest BCUT2D eigenvalue weighted by Crippen LogP contribution is 2.33. The fraction of sp³-hybridized carbons (Fsp3) is 0.176. The predicted octanol–water partition coefficient (Wildman–Crippen LogP) is 5.57. The fourth-order valence-corrected chi connectivity index (χ4v) is 3.07. The minimum atomic E-state index is -0.0660. The summed E-state index contributed by atoms with van der Waals surface area (Å²) in [6.45, 7) is 11.2. The zero-order valence-corrected chi connectivity index (χ0v) is 16.3. The number of hydrogen-bond donors (Lipinski definition) is 0. The average molecular weight is 412 g/mol. The van der Waals surface area contributed by atoms with E-state index in [0.29, 0.717) is 26.2 Å². The maximum Gasteiger partial charge on any atom is 0.266 e. The Morgan fingerprint density at radius 1 is 1.43 bits per heavy atom. The first kappa shape index (κ1) is 19.7. The third-order valence-electron chi connectivity index (χ3n) is 2.81. The molecular formula is C17H18BrNO2S2. The highest BCUT2D eigenvalue weighted by Gasteiger charge is 2.32.